The molecule has 4 nitrogen and oxygen atoms in total. The monoisotopic (exact) mass is 354 g/mol. The van der Waals surface area contributed by atoms with Gasteiger partial charge in [-0.1, -0.05) is 18.2 Å². The third-order valence-electron chi connectivity index (χ3n) is 3.62. The molecule has 0 N–H and O–H groups in total. The molecule has 0 aliphatic rings. The van der Waals surface area contributed by atoms with Gasteiger partial charge in [-0.05, 0) is 39.8 Å². The van der Waals surface area contributed by atoms with Crippen LogP contribution in [0.5, 0.6) is 5.75 Å². The van der Waals surface area contributed by atoms with Crippen molar-refractivity contribution in [3.8, 4) is 5.75 Å². The molecule has 0 unspecified atom stereocenters. The first-order valence-electron chi connectivity index (χ1n) is 8.39. The molecule has 0 aliphatic heterocycles. The number of rotatable bonds is 11. The van der Waals surface area contributed by atoms with Crippen molar-refractivity contribution in [2.75, 3.05) is 19.0 Å². The number of hydrogen-bond donors (Lipinski definition) is 1. The minimum atomic E-state index is -0.343. The van der Waals surface area contributed by atoms with Crippen LogP contribution in [0.4, 0.5) is 0 Å². The van der Waals surface area contributed by atoms with E-state index in [-0.39, 0.29) is 17.2 Å². The molecule has 0 radical (unpaired) electrons. The van der Waals surface area contributed by atoms with E-state index in [1.807, 2.05) is 44.2 Å². The van der Waals surface area contributed by atoms with Crippen molar-refractivity contribution in [1.29, 1.82) is 0 Å². The molecule has 1 rings (SSSR count). The maximum Gasteiger partial charge on any atom is 0.306 e. The standard InChI is InChI=1S/C19H30O4S/c1-18(2,11-13-21-17(20)10-15-24)22-14-12-19(3,4)23-16-8-6-5-7-9-16/h5-9,24H,10-15H2,1-4H3. The van der Waals surface area contributed by atoms with Crippen molar-refractivity contribution in [1.82, 2.24) is 0 Å². The van der Waals surface area contributed by atoms with Gasteiger partial charge < -0.3 is 14.2 Å². The highest BCUT2D eigenvalue weighted by Gasteiger charge is 2.24. The van der Waals surface area contributed by atoms with Gasteiger partial charge in [-0.2, -0.15) is 12.6 Å². The quantitative estimate of drug-likeness (QED) is 0.476. The lowest BCUT2D eigenvalue weighted by Gasteiger charge is -2.30. The van der Waals surface area contributed by atoms with E-state index >= 15 is 0 Å². The van der Waals surface area contributed by atoms with Crippen LogP contribution in [0.3, 0.4) is 0 Å². The summed E-state index contributed by atoms with van der Waals surface area (Å²) in [5.41, 5.74) is -0.652. The largest absolute Gasteiger partial charge is 0.488 e. The highest BCUT2D eigenvalue weighted by Crippen LogP contribution is 2.22. The first-order chi connectivity index (χ1) is 11.2. The summed E-state index contributed by atoms with van der Waals surface area (Å²) in [6.07, 6.45) is 1.77. The fourth-order valence-electron chi connectivity index (χ4n) is 2.08. The SMILES string of the molecule is CC(C)(CCOC(=O)CCS)OCCC(C)(C)Oc1ccccc1. The summed E-state index contributed by atoms with van der Waals surface area (Å²) in [5, 5.41) is 0. The second-order valence-corrected chi connectivity index (χ2v) is 7.42. The molecular formula is C19H30O4S. The molecule has 0 saturated carbocycles. The van der Waals surface area contributed by atoms with E-state index in [0.717, 1.165) is 12.2 Å². The lowest BCUT2D eigenvalue weighted by atomic mass is 10.0. The van der Waals surface area contributed by atoms with Gasteiger partial charge in [-0.3, -0.25) is 4.79 Å². The predicted octanol–water partition coefficient (Wildman–Crippen LogP) is 4.28. The lowest BCUT2D eigenvalue weighted by Crippen LogP contribution is -2.33. The van der Waals surface area contributed by atoms with Crippen LogP contribution >= 0.6 is 12.6 Å². The number of thiol groups is 1. The van der Waals surface area contributed by atoms with Crippen molar-refractivity contribution >= 4 is 18.6 Å². The third-order valence-corrected chi connectivity index (χ3v) is 3.84. The molecule has 0 saturated heterocycles. The van der Waals surface area contributed by atoms with Crippen LogP contribution in [0.25, 0.3) is 0 Å². The molecule has 1 aromatic rings. The Morgan fingerprint density at radius 1 is 1.00 bits per heavy atom. The Morgan fingerprint density at radius 2 is 1.62 bits per heavy atom. The zero-order chi connectivity index (χ0) is 18.1. The van der Waals surface area contributed by atoms with Crippen molar-refractivity contribution in [3.63, 3.8) is 0 Å². The van der Waals surface area contributed by atoms with E-state index < -0.39 is 0 Å². The van der Waals surface area contributed by atoms with Crippen LogP contribution in [0.15, 0.2) is 30.3 Å². The summed E-state index contributed by atoms with van der Waals surface area (Å²) in [5.74, 6) is 1.16. The molecule has 136 valence electrons. The second kappa shape index (κ2) is 9.94. The van der Waals surface area contributed by atoms with E-state index in [1.54, 1.807) is 0 Å². The van der Waals surface area contributed by atoms with E-state index in [0.29, 0.717) is 31.8 Å². The van der Waals surface area contributed by atoms with Crippen molar-refractivity contribution in [2.24, 2.45) is 0 Å². The van der Waals surface area contributed by atoms with E-state index in [9.17, 15) is 4.79 Å². The molecule has 0 heterocycles. The van der Waals surface area contributed by atoms with Gasteiger partial charge in [0.05, 0.1) is 25.2 Å². The second-order valence-electron chi connectivity index (χ2n) is 6.98. The molecule has 0 aromatic heterocycles. The maximum absolute atomic E-state index is 11.3. The van der Waals surface area contributed by atoms with Crippen molar-refractivity contribution in [3.05, 3.63) is 30.3 Å². The van der Waals surface area contributed by atoms with Crippen LogP contribution in [0.1, 0.15) is 47.0 Å². The molecule has 0 atom stereocenters. The summed E-state index contributed by atoms with van der Waals surface area (Å²) in [7, 11) is 0. The Morgan fingerprint density at radius 3 is 2.25 bits per heavy atom. The number of benzene rings is 1. The smallest absolute Gasteiger partial charge is 0.306 e. The molecule has 1 aromatic carbocycles. The lowest BCUT2D eigenvalue weighted by molar-refractivity contribution is -0.145. The molecule has 0 amide bonds. The summed E-state index contributed by atoms with van der Waals surface area (Å²) >= 11 is 4.01. The summed E-state index contributed by atoms with van der Waals surface area (Å²) in [6, 6.07) is 9.78. The molecule has 24 heavy (non-hydrogen) atoms. The van der Waals surface area contributed by atoms with Gasteiger partial charge in [0, 0.05) is 18.6 Å². The number of carbonyl (C=O) groups excluding carboxylic acids is 1. The highest BCUT2D eigenvalue weighted by atomic mass is 32.1. The zero-order valence-electron chi connectivity index (χ0n) is 15.2. The van der Waals surface area contributed by atoms with E-state index in [2.05, 4.69) is 26.5 Å². The highest BCUT2D eigenvalue weighted by molar-refractivity contribution is 7.80. The Kier molecular flexibility index (Phi) is 8.63. The number of carbonyl (C=O) groups is 1. The molecule has 0 aliphatic carbocycles. The van der Waals surface area contributed by atoms with Crippen LogP contribution in [0, 0.1) is 0 Å². The fourth-order valence-corrected chi connectivity index (χ4v) is 2.26. The van der Waals surface area contributed by atoms with Crippen molar-refractivity contribution in [2.45, 2.75) is 58.2 Å². The van der Waals surface area contributed by atoms with Gasteiger partial charge in [0.1, 0.15) is 11.4 Å². The first kappa shape index (κ1) is 20.8. The van der Waals surface area contributed by atoms with Gasteiger partial charge in [0.25, 0.3) is 0 Å². The Hall–Kier alpha value is -1.20. The minimum Gasteiger partial charge on any atom is -0.488 e. The number of esters is 1. The number of para-hydroxylation sites is 1. The number of hydrogen-bond acceptors (Lipinski definition) is 5. The fraction of sp³-hybridized carbons (Fsp3) is 0.632. The van der Waals surface area contributed by atoms with E-state index in [1.165, 1.54) is 0 Å². The summed E-state index contributed by atoms with van der Waals surface area (Å²) < 4.78 is 17.1. The van der Waals surface area contributed by atoms with Gasteiger partial charge in [0.2, 0.25) is 0 Å². The molecule has 0 spiro atoms. The van der Waals surface area contributed by atoms with Crippen LogP contribution < -0.4 is 4.74 Å². The van der Waals surface area contributed by atoms with Gasteiger partial charge in [0.15, 0.2) is 0 Å². The Labute approximate surface area is 151 Å². The number of ether oxygens (including phenoxy) is 3. The van der Waals surface area contributed by atoms with Gasteiger partial charge in [-0.15, -0.1) is 0 Å². The van der Waals surface area contributed by atoms with Gasteiger partial charge in [-0.25, -0.2) is 0 Å². The topological polar surface area (TPSA) is 44.8 Å². The Bertz CT molecular complexity index is 485. The molecule has 0 bridgehead atoms. The maximum atomic E-state index is 11.3. The van der Waals surface area contributed by atoms with Crippen LogP contribution in [-0.2, 0) is 14.3 Å². The normalized spacial score (nSPS) is 12.0. The first-order valence-corrected chi connectivity index (χ1v) is 9.02. The predicted molar refractivity (Wildman–Crippen MR) is 99.8 cm³/mol. The van der Waals surface area contributed by atoms with Gasteiger partial charge >= 0.3 is 5.97 Å². The average Bonchev–Trinajstić information content (AvgIpc) is 2.47. The Balaban J connectivity index is 2.29. The summed E-state index contributed by atoms with van der Waals surface area (Å²) in [4.78, 5) is 11.3. The molecular weight excluding hydrogens is 324 g/mol. The third kappa shape index (κ3) is 9.18. The van der Waals surface area contributed by atoms with Crippen LogP contribution in [-0.4, -0.2) is 36.1 Å². The van der Waals surface area contributed by atoms with Crippen molar-refractivity contribution < 1.29 is 19.0 Å². The molecule has 5 heteroatoms. The minimum absolute atomic E-state index is 0.210. The van der Waals surface area contributed by atoms with E-state index in [4.69, 9.17) is 14.2 Å². The molecule has 0 fully saturated rings. The average molecular weight is 355 g/mol. The summed E-state index contributed by atoms with van der Waals surface area (Å²) in [6.45, 7) is 9.06. The zero-order valence-corrected chi connectivity index (χ0v) is 16.1. The van der Waals surface area contributed by atoms with Crippen LogP contribution in [0.2, 0.25) is 0 Å².